The normalized spacial score (nSPS) is 17.4. The lowest BCUT2D eigenvalue weighted by Crippen LogP contribution is -2.55. The number of pyridine rings is 1. The lowest BCUT2D eigenvalue weighted by Gasteiger charge is -2.38. The standard InChI is InChI=1S/C22H22N4O4S/c1-15-14-25(22(28)29)12-13-26(15)21(27)17-7-9-18(10-8-17)24-31(30)19-6-2-4-16-5-3-11-23-20(16)19/h2-11,15,24H,12-14H2,1H3,(H,28,29). The van der Waals surface area contributed by atoms with Crippen molar-refractivity contribution in [3.63, 3.8) is 0 Å². The summed E-state index contributed by atoms with van der Waals surface area (Å²) in [4.78, 5) is 31.9. The maximum Gasteiger partial charge on any atom is 0.407 e. The van der Waals surface area contributed by atoms with E-state index in [4.69, 9.17) is 5.11 Å². The molecule has 2 heterocycles. The van der Waals surface area contributed by atoms with Gasteiger partial charge in [-0.25, -0.2) is 9.00 Å². The van der Waals surface area contributed by atoms with Crippen LogP contribution in [0.1, 0.15) is 17.3 Å². The number of piperazine rings is 1. The van der Waals surface area contributed by atoms with Crippen molar-refractivity contribution in [1.29, 1.82) is 0 Å². The minimum atomic E-state index is -1.51. The smallest absolute Gasteiger partial charge is 0.407 e. The van der Waals surface area contributed by atoms with Gasteiger partial charge in [0.1, 0.15) is 0 Å². The van der Waals surface area contributed by atoms with E-state index in [0.717, 1.165) is 5.39 Å². The molecule has 0 saturated carbocycles. The number of rotatable bonds is 4. The first-order valence-electron chi connectivity index (χ1n) is 9.85. The summed E-state index contributed by atoms with van der Waals surface area (Å²) in [5, 5.41) is 10.0. The van der Waals surface area contributed by atoms with Gasteiger partial charge in [0.05, 0.1) is 10.4 Å². The third-order valence-corrected chi connectivity index (χ3v) is 6.45. The fraction of sp³-hybridized carbons (Fsp3) is 0.227. The van der Waals surface area contributed by atoms with Gasteiger partial charge in [-0.15, -0.1) is 0 Å². The van der Waals surface area contributed by atoms with Gasteiger partial charge in [0.25, 0.3) is 5.91 Å². The van der Waals surface area contributed by atoms with Gasteiger partial charge >= 0.3 is 6.09 Å². The molecule has 1 aliphatic rings. The van der Waals surface area contributed by atoms with Crippen molar-refractivity contribution >= 4 is 39.6 Å². The zero-order chi connectivity index (χ0) is 22.0. The van der Waals surface area contributed by atoms with E-state index in [0.29, 0.717) is 41.3 Å². The number of nitrogens with zero attached hydrogens (tertiary/aromatic N) is 3. The SMILES string of the molecule is CC1CN(C(=O)O)CCN1C(=O)c1ccc(NS(=O)c2cccc3cccnc23)cc1. The summed E-state index contributed by atoms with van der Waals surface area (Å²) >= 11 is 0. The lowest BCUT2D eigenvalue weighted by atomic mass is 10.1. The van der Waals surface area contributed by atoms with Crippen LogP contribution in [0.3, 0.4) is 0 Å². The Balaban J connectivity index is 1.45. The average Bonchev–Trinajstić information content (AvgIpc) is 2.78. The lowest BCUT2D eigenvalue weighted by molar-refractivity contribution is 0.0484. The summed E-state index contributed by atoms with van der Waals surface area (Å²) in [6.45, 7) is 2.77. The monoisotopic (exact) mass is 438 g/mol. The first kappa shape index (κ1) is 20.8. The van der Waals surface area contributed by atoms with Crippen LogP contribution in [0, 0.1) is 0 Å². The number of anilines is 1. The van der Waals surface area contributed by atoms with Crippen LogP contribution in [0.2, 0.25) is 0 Å². The van der Waals surface area contributed by atoms with Gasteiger partial charge in [-0.05, 0) is 43.3 Å². The summed E-state index contributed by atoms with van der Waals surface area (Å²) in [7, 11) is -1.51. The molecule has 2 atom stereocenters. The van der Waals surface area contributed by atoms with E-state index in [9.17, 15) is 13.8 Å². The Morgan fingerprint density at radius 3 is 2.55 bits per heavy atom. The van der Waals surface area contributed by atoms with E-state index < -0.39 is 17.1 Å². The van der Waals surface area contributed by atoms with Crippen LogP contribution in [-0.2, 0) is 11.0 Å². The van der Waals surface area contributed by atoms with Crippen molar-refractivity contribution < 1.29 is 18.9 Å². The molecule has 0 spiro atoms. The van der Waals surface area contributed by atoms with Crippen molar-refractivity contribution in [3.8, 4) is 0 Å². The van der Waals surface area contributed by atoms with E-state index in [1.807, 2.05) is 31.2 Å². The predicted octanol–water partition coefficient (Wildman–Crippen LogP) is 3.19. The maximum absolute atomic E-state index is 12.9. The molecule has 2 amide bonds. The number of carbonyl (C=O) groups excluding carboxylic acids is 1. The number of hydrogen-bond donors (Lipinski definition) is 2. The Kier molecular flexibility index (Phi) is 5.85. The fourth-order valence-corrected chi connectivity index (χ4v) is 4.68. The van der Waals surface area contributed by atoms with Crippen molar-refractivity contribution in [1.82, 2.24) is 14.8 Å². The van der Waals surface area contributed by atoms with E-state index in [-0.39, 0.29) is 11.9 Å². The zero-order valence-corrected chi connectivity index (χ0v) is 17.7. The molecular formula is C22H22N4O4S. The number of hydrogen-bond acceptors (Lipinski definition) is 4. The highest BCUT2D eigenvalue weighted by molar-refractivity contribution is 7.86. The van der Waals surface area contributed by atoms with Gasteiger partial charge < -0.3 is 19.6 Å². The largest absolute Gasteiger partial charge is 0.465 e. The first-order valence-corrected chi connectivity index (χ1v) is 11.0. The molecule has 1 aliphatic heterocycles. The van der Waals surface area contributed by atoms with E-state index in [1.54, 1.807) is 41.4 Å². The molecule has 9 heteroatoms. The molecule has 2 N–H and O–H groups in total. The molecule has 1 aromatic heterocycles. The van der Waals surface area contributed by atoms with Crippen LogP contribution in [0.4, 0.5) is 10.5 Å². The highest BCUT2D eigenvalue weighted by Gasteiger charge is 2.30. The molecule has 3 aromatic rings. The van der Waals surface area contributed by atoms with Gasteiger partial charge in [-0.1, -0.05) is 18.2 Å². The minimum absolute atomic E-state index is 0.150. The number of nitrogens with one attached hydrogen (secondary N) is 1. The molecule has 0 aliphatic carbocycles. The molecule has 1 saturated heterocycles. The van der Waals surface area contributed by atoms with Crippen LogP contribution in [0.5, 0.6) is 0 Å². The van der Waals surface area contributed by atoms with Gasteiger partial charge in [0.2, 0.25) is 0 Å². The summed E-state index contributed by atoms with van der Waals surface area (Å²) in [5.41, 5.74) is 1.79. The van der Waals surface area contributed by atoms with Gasteiger partial charge in [0, 0.05) is 48.5 Å². The number of carbonyl (C=O) groups is 2. The van der Waals surface area contributed by atoms with E-state index >= 15 is 0 Å². The molecular weight excluding hydrogens is 416 g/mol. The minimum Gasteiger partial charge on any atom is -0.465 e. The molecule has 31 heavy (non-hydrogen) atoms. The number of amides is 2. The number of benzene rings is 2. The van der Waals surface area contributed by atoms with Crippen LogP contribution in [-0.4, -0.2) is 61.8 Å². The molecule has 1 fully saturated rings. The van der Waals surface area contributed by atoms with Crippen molar-refractivity contribution in [3.05, 3.63) is 66.4 Å². The highest BCUT2D eigenvalue weighted by Crippen LogP contribution is 2.22. The summed E-state index contributed by atoms with van der Waals surface area (Å²) in [6.07, 6.45) is 0.699. The van der Waals surface area contributed by atoms with Crippen LogP contribution >= 0.6 is 0 Å². The number of fused-ring (bicyclic) bond motifs is 1. The zero-order valence-electron chi connectivity index (χ0n) is 16.9. The Labute approximate surface area is 182 Å². The summed E-state index contributed by atoms with van der Waals surface area (Å²) in [5.74, 6) is -0.150. The molecule has 2 aromatic carbocycles. The molecule has 4 rings (SSSR count). The maximum atomic E-state index is 12.9. The van der Waals surface area contributed by atoms with Gasteiger partial charge in [-0.2, -0.15) is 0 Å². The van der Waals surface area contributed by atoms with Crippen molar-refractivity contribution in [2.45, 2.75) is 17.9 Å². The first-order chi connectivity index (χ1) is 14.9. The predicted molar refractivity (Wildman–Crippen MR) is 118 cm³/mol. The number of carboxylic acid groups (broad SMARTS) is 1. The molecule has 0 bridgehead atoms. The summed E-state index contributed by atoms with van der Waals surface area (Å²) < 4.78 is 15.8. The Morgan fingerprint density at radius 1 is 1.10 bits per heavy atom. The van der Waals surface area contributed by atoms with Crippen molar-refractivity contribution in [2.24, 2.45) is 0 Å². The van der Waals surface area contributed by atoms with E-state index in [1.165, 1.54) is 4.90 Å². The Bertz CT molecular complexity index is 1150. The highest BCUT2D eigenvalue weighted by atomic mass is 32.2. The van der Waals surface area contributed by atoms with Gasteiger partial charge in [-0.3, -0.25) is 9.78 Å². The van der Waals surface area contributed by atoms with Crippen molar-refractivity contribution in [2.75, 3.05) is 24.4 Å². The second-order valence-electron chi connectivity index (χ2n) is 7.36. The van der Waals surface area contributed by atoms with Gasteiger partial charge in [0.15, 0.2) is 11.0 Å². The topological polar surface area (TPSA) is 103 Å². The molecule has 0 radical (unpaired) electrons. The van der Waals surface area contributed by atoms with Crippen LogP contribution < -0.4 is 4.72 Å². The van der Waals surface area contributed by atoms with E-state index in [2.05, 4.69) is 9.71 Å². The quantitative estimate of drug-likeness (QED) is 0.651. The Morgan fingerprint density at radius 2 is 1.84 bits per heavy atom. The summed E-state index contributed by atoms with van der Waals surface area (Å²) in [6, 6.07) is 15.9. The third-order valence-electron chi connectivity index (χ3n) is 5.30. The molecule has 160 valence electrons. The van der Waals surface area contributed by atoms with Crippen LogP contribution in [0.15, 0.2) is 65.7 Å². The molecule has 2 unspecified atom stereocenters. The number of para-hydroxylation sites is 1. The number of aromatic nitrogens is 1. The molecule has 8 nitrogen and oxygen atoms in total. The third kappa shape index (κ3) is 4.36. The second-order valence-corrected chi connectivity index (χ2v) is 8.54. The second kappa shape index (κ2) is 8.73. The average molecular weight is 439 g/mol. The van der Waals surface area contributed by atoms with Crippen LogP contribution in [0.25, 0.3) is 10.9 Å². The fourth-order valence-electron chi connectivity index (χ4n) is 3.67. The Hall–Kier alpha value is -3.46.